The van der Waals surface area contributed by atoms with Gasteiger partial charge in [-0.2, -0.15) is 18.3 Å². The van der Waals surface area contributed by atoms with Gasteiger partial charge in [0, 0.05) is 38.4 Å². The molecule has 2 aromatic heterocycles. The number of nitrogens with zero attached hydrogens (tertiary/aromatic N) is 5. The monoisotopic (exact) mass is 333 g/mol. The van der Waals surface area contributed by atoms with Crippen LogP contribution in [0.25, 0.3) is 0 Å². The maximum absolute atomic E-state index is 12.6. The summed E-state index contributed by atoms with van der Waals surface area (Å²) in [7, 11) is 1.70. The summed E-state index contributed by atoms with van der Waals surface area (Å²) in [5, 5.41) is 15.9. The Balaban J connectivity index is 1.72. The number of rotatable bonds is 2. The van der Waals surface area contributed by atoms with Gasteiger partial charge in [0.15, 0.2) is 16.6 Å². The van der Waals surface area contributed by atoms with E-state index >= 15 is 0 Å². The number of aromatic nitrogens is 4. The molecule has 10 heteroatoms. The molecule has 0 bridgehead atoms. The van der Waals surface area contributed by atoms with Crippen molar-refractivity contribution in [2.24, 2.45) is 7.05 Å². The van der Waals surface area contributed by atoms with Gasteiger partial charge >= 0.3 is 6.18 Å². The van der Waals surface area contributed by atoms with Gasteiger partial charge in [0.1, 0.15) is 11.9 Å². The molecule has 0 aliphatic carbocycles. The third-order valence-corrected chi connectivity index (χ3v) is 4.67. The molecule has 0 unspecified atom stereocenters. The van der Waals surface area contributed by atoms with Crippen molar-refractivity contribution in [3.05, 3.63) is 23.2 Å². The Morgan fingerprint density at radius 2 is 2.00 bits per heavy atom. The summed E-state index contributed by atoms with van der Waals surface area (Å²) >= 11 is 0.964. The van der Waals surface area contributed by atoms with Crippen molar-refractivity contribution >= 4 is 16.5 Å². The Bertz CT molecular complexity index is 660. The minimum atomic E-state index is -4.43. The number of hydrogen-bond donors (Lipinski definition) is 1. The smallest absolute Gasteiger partial charge is 0.382 e. The summed E-state index contributed by atoms with van der Waals surface area (Å²) in [6.45, 7) is 0.822. The lowest BCUT2D eigenvalue weighted by molar-refractivity contribution is -0.140. The van der Waals surface area contributed by atoms with Crippen LogP contribution in [0.3, 0.4) is 0 Å². The molecule has 1 aliphatic heterocycles. The Labute approximate surface area is 128 Å². The highest BCUT2D eigenvalue weighted by Crippen LogP contribution is 2.36. The van der Waals surface area contributed by atoms with Crippen molar-refractivity contribution < 1.29 is 18.3 Å². The molecule has 1 N–H and O–H groups in total. The molecule has 0 radical (unpaired) electrons. The maximum Gasteiger partial charge on any atom is 0.434 e. The highest BCUT2D eigenvalue weighted by Gasteiger charge is 2.39. The first-order chi connectivity index (χ1) is 10.3. The fourth-order valence-corrected chi connectivity index (χ4v) is 3.43. The van der Waals surface area contributed by atoms with E-state index in [0.29, 0.717) is 36.9 Å². The zero-order chi connectivity index (χ0) is 16.0. The summed E-state index contributed by atoms with van der Waals surface area (Å²) in [4.78, 5) is 9.46. The van der Waals surface area contributed by atoms with Gasteiger partial charge in [-0.3, -0.25) is 4.68 Å². The van der Waals surface area contributed by atoms with E-state index in [1.165, 1.54) is 11.0 Å². The van der Waals surface area contributed by atoms with E-state index in [1.807, 2.05) is 0 Å². The molecule has 0 spiro atoms. The molecular weight excluding hydrogens is 319 g/mol. The van der Waals surface area contributed by atoms with Crippen molar-refractivity contribution in [1.29, 1.82) is 0 Å². The van der Waals surface area contributed by atoms with Crippen LogP contribution in [0.15, 0.2) is 11.7 Å². The molecule has 0 saturated carbocycles. The van der Waals surface area contributed by atoms with Gasteiger partial charge < -0.3 is 10.0 Å². The average molecular weight is 333 g/mol. The van der Waals surface area contributed by atoms with Crippen LogP contribution in [-0.2, 0) is 18.8 Å². The van der Waals surface area contributed by atoms with Gasteiger partial charge in [0.2, 0.25) is 0 Å². The van der Waals surface area contributed by atoms with Crippen molar-refractivity contribution in [1.82, 2.24) is 19.7 Å². The molecule has 6 nitrogen and oxygen atoms in total. The van der Waals surface area contributed by atoms with Gasteiger partial charge in [-0.05, 0) is 0 Å². The SMILES string of the molecule is Cn1ncnc1C1(O)CCN(c2nc(C(F)(F)F)cs2)CC1. The molecule has 120 valence electrons. The molecular formula is C12H14F3N5OS. The fraction of sp³-hybridized carbons (Fsp3) is 0.583. The molecule has 1 aliphatic rings. The summed E-state index contributed by atoms with van der Waals surface area (Å²) in [5.41, 5.74) is -1.98. The van der Waals surface area contributed by atoms with Crippen molar-refractivity contribution in [2.75, 3.05) is 18.0 Å². The number of halogens is 3. The highest BCUT2D eigenvalue weighted by atomic mass is 32.1. The summed E-state index contributed by atoms with van der Waals surface area (Å²) in [6, 6.07) is 0. The second-order valence-electron chi connectivity index (χ2n) is 5.24. The zero-order valence-electron chi connectivity index (χ0n) is 11.7. The van der Waals surface area contributed by atoms with Crippen molar-refractivity contribution in [2.45, 2.75) is 24.6 Å². The Kier molecular flexibility index (Phi) is 3.60. The molecule has 3 heterocycles. The molecule has 1 saturated heterocycles. The normalized spacial score (nSPS) is 18.7. The number of aryl methyl sites for hydroxylation is 1. The van der Waals surface area contributed by atoms with E-state index in [1.54, 1.807) is 11.9 Å². The van der Waals surface area contributed by atoms with Crippen LogP contribution in [-0.4, -0.2) is 37.9 Å². The molecule has 22 heavy (non-hydrogen) atoms. The Morgan fingerprint density at radius 1 is 1.32 bits per heavy atom. The average Bonchev–Trinajstić information content (AvgIpc) is 3.08. The van der Waals surface area contributed by atoms with Crippen LogP contribution in [0.4, 0.5) is 18.3 Å². The van der Waals surface area contributed by atoms with Crippen LogP contribution in [0.1, 0.15) is 24.4 Å². The van der Waals surface area contributed by atoms with Gasteiger partial charge in [0.05, 0.1) is 0 Å². The lowest BCUT2D eigenvalue weighted by atomic mass is 9.91. The number of piperidine rings is 1. The van der Waals surface area contributed by atoms with Crippen molar-refractivity contribution in [3.8, 4) is 0 Å². The molecule has 0 amide bonds. The predicted molar refractivity (Wildman–Crippen MR) is 73.5 cm³/mol. The second kappa shape index (κ2) is 5.20. The Morgan fingerprint density at radius 3 is 2.50 bits per heavy atom. The number of alkyl halides is 3. The Hall–Kier alpha value is -1.68. The van der Waals surface area contributed by atoms with E-state index in [2.05, 4.69) is 15.1 Å². The first-order valence-electron chi connectivity index (χ1n) is 6.64. The number of aliphatic hydroxyl groups is 1. The third-order valence-electron chi connectivity index (χ3n) is 3.77. The minimum absolute atomic E-state index is 0.326. The van der Waals surface area contributed by atoms with E-state index < -0.39 is 17.5 Å². The summed E-state index contributed by atoms with van der Waals surface area (Å²) in [6.07, 6.45) is -2.33. The number of thiazole rings is 1. The number of hydrogen-bond acceptors (Lipinski definition) is 6. The van der Waals surface area contributed by atoms with E-state index in [0.717, 1.165) is 16.7 Å². The van der Waals surface area contributed by atoms with Crippen LogP contribution in [0.5, 0.6) is 0 Å². The standard InChI is InChI=1S/C12H14F3N5OS/c1-19-9(16-7-17-19)11(21)2-4-20(5-3-11)10-18-8(6-22-10)12(13,14)15/h6-7,21H,2-5H2,1H3. The zero-order valence-corrected chi connectivity index (χ0v) is 12.5. The molecule has 3 rings (SSSR count). The predicted octanol–water partition coefficient (Wildman–Crippen LogP) is 1.78. The van der Waals surface area contributed by atoms with Crippen molar-refractivity contribution in [3.63, 3.8) is 0 Å². The fourth-order valence-electron chi connectivity index (χ4n) is 2.55. The molecule has 2 aromatic rings. The van der Waals surface area contributed by atoms with E-state index in [-0.39, 0.29) is 0 Å². The first kappa shape index (κ1) is 15.2. The topological polar surface area (TPSA) is 67.1 Å². The maximum atomic E-state index is 12.6. The lowest BCUT2D eigenvalue weighted by Crippen LogP contribution is -2.44. The molecule has 0 aromatic carbocycles. The molecule has 1 fully saturated rings. The highest BCUT2D eigenvalue weighted by molar-refractivity contribution is 7.13. The third kappa shape index (κ3) is 2.68. The summed E-state index contributed by atoms with van der Waals surface area (Å²) < 4.78 is 39.3. The largest absolute Gasteiger partial charge is 0.434 e. The van der Waals surface area contributed by atoms with Gasteiger partial charge in [0.25, 0.3) is 0 Å². The second-order valence-corrected chi connectivity index (χ2v) is 6.08. The van der Waals surface area contributed by atoms with Gasteiger partial charge in [-0.1, -0.05) is 0 Å². The summed E-state index contributed by atoms with van der Waals surface area (Å²) in [5.74, 6) is 0.474. The van der Waals surface area contributed by atoms with E-state index in [9.17, 15) is 18.3 Å². The quantitative estimate of drug-likeness (QED) is 0.907. The van der Waals surface area contributed by atoms with Crippen LogP contribution in [0.2, 0.25) is 0 Å². The number of anilines is 1. The lowest BCUT2D eigenvalue weighted by Gasteiger charge is -2.37. The van der Waals surface area contributed by atoms with Crippen LogP contribution in [0, 0.1) is 0 Å². The van der Waals surface area contributed by atoms with Gasteiger partial charge in [-0.25, -0.2) is 9.97 Å². The van der Waals surface area contributed by atoms with Gasteiger partial charge in [-0.15, -0.1) is 11.3 Å². The first-order valence-corrected chi connectivity index (χ1v) is 7.52. The van der Waals surface area contributed by atoms with E-state index in [4.69, 9.17) is 0 Å². The van der Waals surface area contributed by atoms with Crippen LogP contribution < -0.4 is 4.90 Å². The molecule has 0 atom stereocenters. The minimum Gasteiger partial charge on any atom is -0.382 e. The van der Waals surface area contributed by atoms with Crippen LogP contribution >= 0.6 is 11.3 Å².